The molecule has 2 fully saturated rings. The molecule has 14 aromatic rings. The highest BCUT2D eigenvalue weighted by atomic mass is 79.9. The Kier molecular flexibility index (Phi) is 34.4. The van der Waals surface area contributed by atoms with E-state index in [1.807, 2.05) is 125 Å². The number of aryl methyl sites for hydroxylation is 6. The van der Waals surface area contributed by atoms with Gasteiger partial charge in [-0.15, -0.1) is 0 Å². The SMILES string of the molecule is CNCCOc1cc(C)cc2c(=O)c3ccc(Oc4ccc(CCC(=O)NC5CCCC5)nc4)cc3oc12.Cc1cc(OCCN(C)C(=O)OC(C)(C)C)c2oc3cc(Br)ccc3c(=O)c2c1.Cc1cc(OCCN(C)C(=O)OC(C)(C)C)c2oc3cc(Oc4ccc(CCC(=O)NC5CCCC5)nc4)ccc3c(=O)c2c1.Cc1cc(OCCNC(=O)OC(C)(C)C)c2oc3cc(Br)ccc3c(=O)c2c1. The van der Waals surface area contributed by atoms with Crippen LogP contribution in [-0.2, 0) is 36.6 Å². The van der Waals surface area contributed by atoms with Crippen molar-refractivity contribution in [3.8, 4) is 46.0 Å². The quantitative estimate of drug-likeness (QED) is 0.0201. The maximum absolute atomic E-state index is 13.4. The number of hydrogen-bond acceptors (Lipinski definition) is 25. The number of likely N-dealkylation sites (N-methyl/N-ethyl adjacent to an activating group) is 3. The Morgan fingerprint density at radius 2 is 0.707 bits per heavy atom. The second kappa shape index (κ2) is 46.5. The zero-order chi connectivity index (χ0) is 100. The van der Waals surface area contributed by atoms with Crippen molar-refractivity contribution in [1.29, 1.82) is 0 Å². The van der Waals surface area contributed by atoms with Crippen LogP contribution in [0.1, 0.15) is 160 Å². The number of carbonyl (C=O) groups excluding carboxylic acids is 5. The summed E-state index contributed by atoms with van der Waals surface area (Å²) in [5.41, 5.74) is 6.20. The average Bonchev–Trinajstić information content (AvgIpc) is 0.823. The maximum atomic E-state index is 13.4. The number of pyridine rings is 2. The van der Waals surface area contributed by atoms with E-state index < -0.39 is 35.1 Å². The molecule has 0 unspecified atom stereocenters. The van der Waals surface area contributed by atoms with Crippen molar-refractivity contribution in [2.24, 2.45) is 0 Å². The summed E-state index contributed by atoms with van der Waals surface area (Å²) in [6.07, 6.45) is 12.9. The molecule has 0 saturated heterocycles. The predicted octanol–water partition coefficient (Wildman–Crippen LogP) is 21.9. The number of rotatable bonds is 28. The van der Waals surface area contributed by atoms with Crippen LogP contribution in [0.4, 0.5) is 14.4 Å². The van der Waals surface area contributed by atoms with E-state index in [9.17, 15) is 43.2 Å². The number of alkyl carbamates (subject to hydrolysis) is 1. The van der Waals surface area contributed by atoms with Crippen molar-refractivity contribution in [1.82, 2.24) is 41.0 Å². The van der Waals surface area contributed by atoms with Crippen LogP contribution in [0.2, 0.25) is 0 Å². The van der Waals surface area contributed by atoms with E-state index in [-0.39, 0.29) is 66.4 Å². The smallest absolute Gasteiger partial charge is 0.410 e. The van der Waals surface area contributed by atoms with Crippen LogP contribution in [0.5, 0.6) is 46.0 Å². The van der Waals surface area contributed by atoms with Crippen LogP contribution >= 0.6 is 31.9 Å². The summed E-state index contributed by atoms with van der Waals surface area (Å²) >= 11 is 6.79. The molecule has 0 spiro atoms. The van der Waals surface area contributed by atoms with Gasteiger partial charge in [-0.2, -0.15) is 0 Å². The summed E-state index contributed by atoms with van der Waals surface area (Å²) in [5.74, 6) is 4.09. The highest BCUT2D eigenvalue weighted by Crippen LogP contribution is 2.38. The van der Waals surface area contributed by atoms with Gasteiger partial charge in [0.15, 0.2) is 45.3 Å². The maximum Gasteiger partial charge on any atom is 0.410 e. The Morgan fingerprint density at radius 3 is 1.03 bits per heavy atom. The Morgan fingerprint density at radius 1 is 0.393 bits per heavy atom. The van der Waals surface area contributed by atoms with Crippen LogP contribution in [-0.4, -0.2) is 152 Å². The van der Waals surface area contributed by atoms with Gasteiger partial charge in [0, 0.05) is 78.0 Å². The van der Waals surface area contributed by atoms with Gasteiger partial charge in [0.25, 0.3) is 0 Å². The number of aromatic nitrogens is 2. The standard InChI is InChI=1S/C35H41N3O7.C30H33N3O5.C22H24BrNO5.C21H22BrNO5/c1-22-18-28-32(40)27-14-13-25(43-26-12-10-23(36-21-26)11-15-31(39)37-24-8-6-7-9-24)20-29(27)44-33(28)30(19-22)42-17-16-38(5)34(41)45-35(2,3)4;1-19-15-25-29(35)24-11-10-22(17-26(24)38-30(25)27(16-19)36-14-13-31-2)37-23-9-7-20(32-18-23)8-12-28(34)33-21-5-3-4-6-21;1-13-10-16-19(25)15-7-6-14(23)12-17(15)28-20(16)18(11-13)27-9-8-24(5)21(26)29-22(2,3)4;1-12-9-15-18(24)14-6-5-13(22)11-16(14)27-19(15)17(10-12)26-8-7-23-20(25)28-21(2,3)4/h10,12-14,18-21,24H,6-9,11,15-17H2,1-5H3,(H,37,39);7,9-11,15-18,21,31H,3-6,8,12-14H2,1-2H3,(H,33,34);6-7,10-12H,8-9H2,1-5H3;5-6,9-11H,7-8H2,1-4H3,(H,23,25). The number of hydrogen-bond donors (Lipinski definition) is 4. The van der Waals surface area contributed by atoms with E-state index in [2.05, 4.69) is 63.1 Å². The largest absolute Gasteiger partial charge is 0.488 e. The van der Waals surface area contributed by atoms with E-state index in [1.54, 1.807) is 144 Å². The molecule has 32 heteroatoms. The zero-order valence-corrected chi connectivity index (χ0v) is 85.0. The van der Waals surface area contributed by atoms with Crippen LogP contribution in [0.3, 0.4) is 0 Å². The lowest BCUT2D eigenvalue weighted by Crippen LogP contribution is -2.36. The molecule has 30 nitrogen and oxygen atoms in total. The Bertz CT molecular complexity index is 7130. The lowest BCUT2D eigenvalue weighted by molar-refractivity contribution is -0.122. The van der Waals surface area contributed by atoms with E-state index in [1.165, 1.54) is 35.5 Å². The van der Waals surface area contributed by atoms with E-state index in [0.717, 1.165) is 68.3 Å². The van der Waals surface area contributed by atoms with Crippen LogP contribution in [0.15, 0.2) is 204 Å². The summed E-state index contributed by atoms with van der Waals surface area (Å²) in [4.78, 5) is 125. The van der Waals surface area contributed by atoms with Gasteiger partial charge in [0.05, 0.1) is 75.1 Å². The van der Waals surface area contributed by atoms with Crippen molar-refractivity contribution < 1.29 is 84.3 Å². The number of ether oxygens (including phenoxy) is 9. The molecule has 2 saturated carbocycles. The molecule has 0 atom stereocenters. The molecule has 738 valence electrons. The lowest BCUT2D eigenvalue weighted by atomic mass is 10.1. The van der Waals surface area contributed by atoms with Crippen molar-refractivity contribution in [2.75, 3.05) is 73.7 Å². The number of fused-ring (bicyclic) bond motifs is 8. The minimum atomic E-state index is -0.598. The van der Waals surface area contributed by atoms with E-state index >= 15 is 0 Å². The van der Waals surface area contributed by atoms with E-state index in [4.69, 9.17) is 60.3 Å². The Balaban J connectivity index is 0.000000160. The molecule has 16 rings (SSSR count). The molecule has 2 aliphatic rings. The van der Waals surface area contributed by atoms with Gasteiger partial charge in [0.2, 0.25) is 33.5 Å². The number of amides is 5. The molecular weight excluding hydrogens is 1920 g/mol. The minimum Gasteiger partial charge on any atom is -0.488 e. The van der Waals surface area contributed by atoms with Crippen LogP contribution in [0.25, 0.3) is 87.8 Å². The summed E-state index contributed by atoms with van der Waals surface area (Å²) < 4.78 is 77.5. The topological polar surface area (TPSA) is 370 Å². The Hall–Kier alpha value is -13.6. The van der Waals surface area contributed by atoms with Gasteiger partial charge in [0.1, 0.15) is 88.6 Å². The van der Waals surface area contributed by atoms with Gasteiger partial charge in [-0.05, 0) is 291 Å². The van der Waals surface area contributed by atoms with Gasteiger partial charge in [-0.1, -0.05) is 57.5 Å². The molecule has 4 N–H and O–H groups in total. The molecular formula is C108H120Br2N8O22. The van der Waals surface area contributed by atoms with Crippen molar-refractivity contribution >= 4 is 150 Å². The lowest BCUT2D eigenvalue weighted by Gasteiger charge is -2.24. The van der Waals surface area contributed by atoms with Crippen molar-refractivity contribution in [3.05, 3.63) is 241 Å². The molecule has 8 aromatic carbocycles. The van der Waals surface area contributed by atoms with Crippen molar-refractivity contribution in [3.63, 3.8) is 0 Å². The van der Waals surface area contributed by atoms with E-state index in [0.29, 0.717) is 191 Å². The van der Waals surface area contributed by atoms with Crippen LogP contribution in [0, 0.1) is 27.7 Å². The fourth-order valence-corrected chi connectivity index (χ4v) is 16.5. The van der Waals surface area contributed by atoms with Gasteiger partial charge in [-0.25, -0.2) is 14.4 Å². The Labute approximate surface area is 827 Å². The predicted molar refractivity (Wildman–Crippen MR) is 548 cm³/mol. The average molecular weight is 2040 g/mol. The molecule has 6 heterocycles. The summed E-state index contributed by atoms with van der Waals surface area (Å²) in [6, 6.07) is 43.3. The highest BCUT2D eigenvalue weighted by Gasteiger charge is 2.27. The summed E-state index contributed by atoms with van der Waals surface area (Å²) in [7, 11) is 5.14. The summed E-state index contributed by atoms with van der Waals surface area (Å²) in [6.45, 7) is 26.5. The number of carbonyl (C=O) groups is 5. The fraction of sp³-hybridized carbons (Fsp3) is 0.380. The first-order chi connectivity index (χ1) is 66.6. The first-order valence-corrected chi connectivity index (χ1v) is 48.4. The molecule has 140 heavy (non-hydrogen) atoms. The summed E-state index contributed by atoms with van der Waals surface area (Å²) in [5, 5.41) is 15.6. The second-order valence-electron chi connectivity index (χ2n) is 37.9. The first kappa shape index (κ1) is 104. The van der Waals surface area contributed by atoms with Crippen LogP contribution < -0.4 is 71.4 Å². The monoisotopic (exact) mass is 2040 g/mol. The van der Waals surface area contributed by atoms with Gasteiger partial charge in [-0.3, -0.25) is 38.7 Å². The molecule has 0 bridgehead atoms. The number of halogens is 2. The first-order valence-electron chi connectivity index (χ1n) is 46.8. The third-order valence-corrected chi connectivity index (χ3v) is 23.5. The fourth-order valence-electron chi connectivity index (χ4n) is 15.8. The molecule has 6 aromatic heterocycles. The van der Waals surface area contributed by atoms with Crippen molar-refractivity contribution in [2.45, 2.75) is 196 Å². The zero-order valence-electron chi connectivity index (χ0n) is 81.8. The normalized spacial score (nSPS) is 12.8. The third-order valence-electron chi connectivity index (χ3n) is 22.5. The molecule has 5 amide bonds. The second-order valence-corrected chi connectivity index (χ2v) is 39.7. The van der Waals surface area contributed by atoms with Gasteiger partial charge >= 0.3 is 18.3 Å². The number of benzene rings is 8. The molecule has 2 aliphatic carbocycles. The molecule has 0 aliphatic heterocycles. The minimum absolute atomic E-state index is 0.0612. The third kappa shape index (κ3) is 28.6. The molecule has 0 radical (unpaired) electrons. The number of nitrogens with one attached hydrogen (secondary N) is 4. The highest BCUT2D eigenvalue weighted by molar-refractivity contribution is 9.10. The number of nitrogens with zero attached hydrogens (tertiary/aromatic N) is 4. The van der Waals surface area contributed by atoms with Gasteiger partial charge < -0.3 is 91.4 Å².